The molecule has 1 aromatic rings. The molecule has 0 unspecified atom stereocenters. The third-order valence-corrected chi connectivity index (χ3v) is 3.24. The van der Waals surface area contributed by atoms with Crippen molar-refractivity contribution >= 4 is 5.91 Å². The van der Waals surface area contributed by atoms with Crippen LogP contribution >= 0.6 is 0 Å². The van der Waals surface area contributed by atoms with Gasteiger partial charge in [-0.1, -0.05) is 12.1 Å². The van der Waals surface area contributed by atoms with Crippen molar-refractivity contribution in [3.63, 3.8) is 0 Å². The second-order valence-electron chi connectivity index (χ2n) is 4.62. The van der Waals surface area contributed by atoms with Crippen LogP contribution in [-0.4, -0.2) is 25.6 Å². The normalized spacial score (nSPS) is 20.1. The fourth-order valence-corrected chi connectivity index (χ4v) is 2.15. The van der Waals surface area contributed by atoms with Crippen LogP contribution in [0.3, 0.4) is 0 Å². The molecule has 1 fully saturated rings. The van der Waals surface area contributed by atoms with Crippen molar-refractivity contribution in [2.45, 2.75) is 31.8 Å². The lowest BCUT2D eigenvalue weighted by Crippen LogP contribution is -2.32. The minimum atomic E-state index is 0.153. The van der Waals surface area contributed by atoms with E-state index >= 15 is 0 Å². The zero-order valence-electron chi connectivity index (χ0n) is 10.7. The maximum Gasteiger partial charge on any atom is 0.221 e. The average Bonchev–Trinajstić information content (AvgIpc) is 2.61. The van der Waals surface area contributed by atoms with Gasteiger partial charge in [0.1, 0.15) is 5.75 Å². The van der Waals surface area contributed by atoms with Crippen LogP contribution in [0.1, 0.15) is 24.8 Å². The van der Waals surface area contributed by atoms with Crippen LogP contribution < -0.4 is 15.4 Å². The number of nitrogens with one attached hydrogen (secondary N) is 2. The highest BCUT2D eigenvalue weighted by Gasteiger charge is 2.16. The first kappa shape index (κ1) is 12.9. The highest BCUT2D eigenvalue weighted by molar-refractivity contribution is 5.76. The second-order valence-corrected chi connectivity index (χ2v) is 4.62. The number of carbonyl (C=O) groups excluding carboxylic acids is 1. The average molecular weight is 248 g/mol. The molecule has 0 radical (unpaired) electrons. The summed E-state index contributed by atoms with van der Waals surface area (Å²) in [7, 11) is 1.66. The minimum absolute atomic E-state index is 0.153. The lowest BCUT2D eigenvalue weighted by Gasteiger charge is -2.15. The summed E-state index contributed by atoms with van der Waals surface area (Å²) in [6, 6.07) is 8.29. The van der Waals surface area contributed by atoms with Crippen molar-refractivity contribution in [3.05, 3.63) is 29.8 Å². The minimum Gasteiger partial charge on any atom is -0.497 e. The van der Waals surface area contributed by atoms with Gasteiger partial charge in [0.25, 0.3) is 0 Å². The van der Waals surface area contributed by atoms with Gasteiger partial charge in [-0.2, -0.15) is 0 Å². The van der Waals surface area contributed by atoms with Gasteiger partial charge >= 0.3 is 0 Å². The number of benzene rings is 1. The Kier molecular flexibility index (Phi) is 4.59. The van der Waals surface area contributed by atoms with Crippen molar-refractivity contribution in [1.29, 1.82) is 0 Å². The van der Waals surface area contributed by atoms with Crippen LogP contribution in [0.5, 0.6) is 5.75 Å². The molecule has 2 rings (SSSR count). The van der Waals surface area contributed by atoms with E-state index in [0.29, 0.717) is 6.42 Å². The molecule has 1 aliphatic heterocycles. The van der Waals surface area contributed by atoms with Crippen molar-refractivity contribution in [2.75, 3.05) is 13.7 Å². The zero-order chi connectivity index (χ0) is 12.8. The number of ether oxygens (including phenoxy) is 1. The number of hydrogen-bond donors (Lipinski definition) is 2. The Balaban J connectivity index is 1.84. The third-order valence-electron chi connectivity index (χ3n) is 3.24. The molecule has 4 heteroatoms. The maximum atomic E-state index is 11.4. The number of methoxy groups -OCH3 is 1. The monoisotopic (exact) mass is 248 g/mol. The molecule has 0 spiro atoms. The molecule has 1 heterocycles. The first-order valence-electron chi connectivity index (χ1n) is 6.41. The number of carbonyl (C=O) groups is 1. The molecule has 4 nitrogen and oxygen atoms in total. The van der Waals surface area contributed by atoms with E-state index in [-0.39, 0.29) is 11.9 Å². The second kappa shape index (κ2) is 6.40. The van der Waals surface area contributed by atoms with E-state index in [1.54, 1.807) is 7.11 Å². The molecule has 1 atom stereocenters. The first-order valence-corrected chi connectivity index (χ1v) is 6.41. The molecule has 1 aromatic carbocycles. The Labute approximate surface area is 108 Å². The van der Waals surface area contributed by atoms with Crippen molar-refractivity contribution in [3.8, 4) is 5.75 Å². The van der Waals surface area contributed by atoms with E-state index in [4.69, 9.17) is 4.74 Å². The standard InChI is InChI=1S/C14H20N2O2/c1-18-13-6-4-11(5-7-13)10-16-12-3-2-8-15-14(17)9-12/h4-7,12,16H,2-3,8-10H2,1H3,(H,15,17)/t12-/m1/s1. The highest BCUT2D eigenvalue weighted by atomic mass is 16.5. The van der Waals surface area contributed by atoms with Gasteiger partial charge in [0, 0.05) is 25.6 Å². The fourth-order valence-electron chi connectivity index (χ4n) is 2.15. The van der Waals surface area contributed by atoms with Crippen LogP contribution in [-0.2, 0) is 11.3 Å². The molecule has 1 aliphatic rings. The summed E-state index contributed by atoms with van der Waals surface area (Å²) in [4.78, 5) is 11.4. The Hall–Kier alpha value is -1.55. The van der Waals surface area contributed by atoms with Crippen LogP contribution in [0.25, 0.3) is 0 Å². The molecule has 0 saturated carbocycles. The van der Waals surface area contributed by atoms with Gasteiger partial charge in [-0.15, -0.1) is 0 Å². The molecule has 98 valence electrons. The van der Waals surface area contributed by atoms with Gasteiger partial charge in [0.05, 0.1) is 7.11 Å². The highest BCUT2D eigenvalue weighted by Crippen LogP contribution is 2.12. The molecule has 0 aliphatic carbocycles. The Morgan fingerprint density at radius 3 is 2.89 bits per heavy atom. The van der Waals surface area contributed by atoms with Crippen molar-refractivity contribution < 1.29 is 9.53 Å². The van der Waals surface area contributed by atoms with Gasteiger partial charge in [0.2, 0.25) is 5.91 Å². The number of amides is 1. The van der Waals surface area contributed by atoms with E-state index in [1.165, 1.54) is 5.56 Å². The summed E-state index contributed by atoms with van der Waals surface area (Å²) in [6.07, 6.45) is 2.68. The van der Waals surface area contributed by atoms with Gasteiger partial charge in [0.15, 0.2) is 0 Å². The van der Waals surface area contributed by atoms with E-state index in [9.17, 15) is 4.79 Å². The summed E-state index contributed by atoms with van der Waals surface area (Å²) in [5, 5.41) is 6.34. The topological polar surface area (TPSA) is 50.4 Å². The zero-order valence-corrected chi connectivity index (χ0v) is 10.7. The molecular formula is C14H20N2O2. The van der Waals surface area contributed by atoms with Crippen molar-refractivity contribution in [1.82, 2.24) is 10.6 Å². The Bertz CT molecular complexity index is 389. The van der Waals surface area contributed by atoms with E-state index in [0.717, 1.165) is 31.7 Å². The quantitative estimate of drug-likeness (QED) is 0.848. The SMILES string of the molecule is COc1ccc(CN[C@@H]2CCCNC(=O)C2)cc1. The number of rotatable bonds is 4. The number of hydrogen-bond acceptors (Lipinski definition) is 3. The summed E-state index contributed by atoms with van der Waals surface area (Å²) < 4.78 is 5.12. The Morgan fingerprint density at radius 2 is 2.17 bits per heavy atom. The lowest BCUT2D eigenvalue weighted by molar-refractivity contribution is -0.121. The van der Waals surface area contributed by atoms with Gasteiger partial charge < -0.3 is 15.4 Å². The van der Waals surface area contributed by atoms with Gasteiger partial charge in [-0.3, -0.25) is 4.79 Å². The molecular weight excluding hydrogens is 228 g/mol. The largest absolute Gasteiger partial charge is 0.497 e. The lowest BCUT2D eigenvalue weighted by atomic mass is 10.1. The van der Waals surface area contributed by atoms with Crippen LogP contribution in [0.2, 0.25) is 0 Å². The van der Waals surface area contributed by atoms with Gasteiger partial charge in [-0.05, 0) is 30.5 Å². The third kappa shape index (κ3) is 3.74. The predicted octanol–water partition coefficient (Wildman–Crippen LogP) is 1.45. The van der Waals surface area contributed by atoms with Crippen molar-refractivity contribution in [2.24, 2.45) is 0 Å². The van der Waals surface area contributed by atoms with E-state index < -0.39 is 0 Å². The van der Waals surface area contributed by atoms with E-state index in [2.05, 4.69) is 10.6 Å². The van der Waals surface area contributed by atoms with Crippen LogP contribution in [0, 0.1) is 0 Å². The van der Waals surface area contributed by atoms with Crippen LogP contribution in [0.15, 0.2) is 24.3 Å². The molecule has 2 N–H and O–H groups in total. The van der Waals surface area contributed by atoms with Gasteiger partial charge in [-0.25, -0.2) is 0 Å². The maximum absolute atomic E-state index is 11.4. The Morgan fingerprint density at radius 1 is 1.39 bits per heavy atom. The molecule has 1 saturated heterocycles. The van der Waals surface area contributed by atoms with Crippen LogP contribution in [0.4, 0.5) is 0 Å². The van der Waals surface area contributed by atoms with E-state index in [1.807, 2.05) is 24.3 Å². The predicted molar refractivity (Wildman–Crippen MR) is 70.5 cm³/mol. The molecule has 0 aromatic heterocycles. The first-order chi connectivity index (χ1) is 8.78. The fraction of sp³-hybridized carbons (Fsp3) is 0.500. The summed E-state index contributed by atoms with van der Waals surface area (Å²) >= 11 is 0. The molecule has 18 heavy (non-hydrogen) atoms. The molecule has 1 amide bonds. The molecule has 0 bridgehead atoms. The smallest absolute Gasteiger partial charge is 0.221 e. The summed E-state index contributed by atoms with van der Waals surface area (Å²) in [6.45, 7) is 1.60. The summed E-state index contributed by atoms with van der Waals surface area (Å²) in [5.41, 5.74) is 1.21. The summed E-state index contributed by atoms with van der Waals surface area (Å²) in [5.74, 6) is 1.02.